The van der Waals surface area contributed by atoms with Crippen molar-refractivity contribution in [2.45, 2.75) is 6.10 Å². The minimum absolute atomic E-state index is 0.0336. The van der Waals surface area contributed by atoms with E-state index in [2.05, 4.69) is 5.32 Å². The van der Waals surface area contributed by atoms with E-state index in [1.165, 1.54) is 0 Å². The lowest BCUT2D eigenvalue weighted by Gasteiger charge is -2.29. The van der Waals surface area contributed by atoms with Crippen LogP contribution in [0.25, 0.3) is 0 Å². The number of hydrogen-bond donors (Lipinski definition) is 1. The van der Waals surface area contributed by atoms with E-state index in [4.69, 9.17) is 10.00 Å². The summed E-state index contributed by atoms with van der Waals surface area (Å²) in [4.78, 5) is 24.8. The van der Waals surface area contributed by atoms with Crippen LogP contribution in [0, 0.1) is 11.3 Å². The molecule has 0 bridgehead atoms. The van der Waals surface area contributed by atoms with Crippen LogP contribution >= 0.6 is 0 Å². The van der Waals surface area contributed by atoms with Gasteiger partial charge in [-0.05, 0) is 12.1 Å². The van der Waals surface area contributed by atoms with Gasteiger partial charge in [0.1, 0.15) is 6.61 Å². The van der Waals surface area contributed by atoms with Crippen molar-refractivity contribution in [3.8, 4) is 6.07 Å². The Bertz CT molecular complexity index is 565. The Hall–Kier alpha value is -2.39. The van der Waals surface area contributed by atoms with Crippen molar-refractivity contribution in [2.75, 3.05) is 26.7 Å². The smallest absolute Gasteiger partial charge is 0.252 e. The van der Waals surface area contributed by atoms with Gasteiger partial charge in [-0.25, -0.2) is 0 Å². The maximum absolute atomic E-state index is 12.0. The minimum Gasteiger partial charge on any atom is -0.365 e. The first-order chi connectivity index (χ1) is 9.61. The fourth-order valence-electron chi connectivity index (χ4n) is 1.96. The fraction of sp³-hybridized carbons (Fsp3) is 0.357. The van der Waals surface area contributed by atoms with Crippen LogP contribution in [0.15, 0.2) is 24.3 Å². The molecular weight excluding hydrogens is 258 g/mol. The summed E-state index contributed by atoms with van der Waals surface area (Å²) in [6.45, 7) is 0.779. The molecule has 1 aliphatic rings. The predicted molar refractivity (Wildman–Crippen MR) is 70.9 cm³/mol. The molecule has 0 saturated carbocycles. The lowest BCUT2D eigenvalue weighted by Crippen LogP contribution is -2.48. The molecule has 1 aromatic carbocycles. The molecule has 1 N–H and O–H groups in total. The second kappa shape index (κ2) is 6.17. The summed E-state index contributed by atoms with van der Waals surface area (Å²) >= 11 is 0. The molecule has 1 fully saturated rings. The lowest BCUT2D eigenvalue weighted by atomic mass is 10.1. The Labute approximate surface area is 116 Å². The first-order valence-electron chi connectivity index (χ1n) is 6.24. The summed E-state index contributed by atoms with van der Waals surface area (Å²) in [6, 6.07) is 8.60. The summed E-state index contributed by atoms with van der Waals surface area (Å²) in [5.41, 5.74) is 0.678. The van der Waals surface area contributed by atoms with Crippen LogP contribution < -0.4 is 5.32 Å². The third-order valence-corrected chi connectivity index (χ3v) is 3.13. The molecule has 104 valence electrons. The highest BCUT2D eigenvalue weighted by Crippen LogP contribution is 2.08. The largest absolute Gasteiger partial charge is 0.365 e. The van der Waals surface area contributed by atoms with Crippen molar-refractivity contribution in [1.82, 2.24) is 10.2 Å². The zero-order valence-electron chi connectivity index (χ0n) is 11.1. The van der Waals surface area contributed by atoms with Gasteiger partial charge >= 0.3 is 0 Å². The lowest BCUT2D eigenvalue weighted by molar-refractivity contribution is -0.146. The fourth-order valence-corrected chi connectivity index (χ4v) is 1.96. The summed E-state index contributed by atoms with van der Waals surface area (Å²) in [5, 5.41) is 11.7. The maximum Gasteiger partial charge on any atom is 0.252 e. The highest BCUT2D eigenvalue weighted by Gasteiger charge is 2.24. The van der Waals surface area contributed by atoms with Crippen LogP contribution in [0.4, 0.5) is 0 Å². The highest BCUT2D eigenvalue weighted by atomic mass is 16.5. The normalized spacial score (nSPS) is 18.5. The third-order valence-electron chi connectivity index (χ3n) is 3.13. The third kappa shape index (κ3) is 3.13. The maximum atomic E-state index is 12.0. The van der Waals surface area contributed by atoms with E-state index < -0.39 is 0 Å². The molecule has 1 aromatic rings. The predicted octanol–water partition coefficient (Wildman–Crippen LogP) is 0.145. The van der Waals surface area contributed by atoms with Gasteiger partial charge in [-0.15, -0.1) is 0 Å². The first-order valence-corrected chi connectivity index (χ1v) is 6.24. The molecule has 1 heterocycles. The van der Waals surface area contributed by atoms with E-state index in [0.717, 1.165) is 0 Å². The monoisotopic (exact) mass is 273 g/mol. The molecule has 1 atom stereocenters. The van der Waals surface area contributed by atoms with Gasteiger partial charge in [-0.2, -0.15) is 5.26 Å². The summed E-state index contributed by atoms with van der Waals surface area (Å²) in [6.07, 6.45) is -0.226. The molecule has 6 nitrogen and oxygen atoms in total. The average Bonchev–Trinajstić information content (AvgIpc) is 2.48. The number of morpholine rings is 1. The number of likely N-dealkylation sites (N-methyl/N-ethyl adjacent to an activating group) is 1. The van der Waals surface area contributed by atoms with Crippen molar-refractivity contribution in [3.63, 3.8) is 0 Å². The molecule has 20 heavy (non-hydrogen) atoms. The number of ether oxygens (including phenoxy) is 1. The van der Waals surface area contributed by atoms with E-state index in [-0.39, 0.29) is 24.5 Å². The van der Waals surface area contributed by atoms with Crippen LogP contribution in [0.2, 0.25) is 0 Å². The molecule has 0 radical (unpaired) electrons. The molecule has 2 rings (SSSR count). The molecule has 1 aliphatic heterocycles. The summed E-state index contributed by atoms with van der Waals surface area (Å²) in [5.74, 6) is -0.382. The molecular formula is C14H15N3O3. The van der Waals surface area contributed by atoms with Gasteiger partial charge in [-0.3, -0.25) is 9.59 Å². The Morgan fingerprint density at radius 1 is 1.55 bits per heavy atom. The van der Waals surface area contributed by atoms with Gasteiger partial charge in [-0.1, -0.05) is 12.1 Å². The Kier molecular flexibility index (Phi) is 4.33. The number of nitriles is 1. The standard InChI is InChI=1S/C14H15N3O3/c1-17-8-11(20-9-13(17)18)7-16-14(19)12-5-3-2-4-10(12)6-15/h2-5,11H,7-9H2,1H3,(H,16,19). The van der Waals surface area contributed by atoms with Crippen LogP contribution in [0.1, 0.15) is 15.9 Å². The van der Waals surface area contributed by atoms with E-state index in [1.54, 1.807) is 36.2 Å². The number of benzene rings is 1. The Morgan fingerprint density at radius 3 is 3.00 bits per heavy atom. The number of amides is 2. The minimum atomic E-state index is -0.315. The number of carbonyl (C=O) groups excluding carboxylic acids is 2. The van der Waals surface area contributed by atoms with Crippen LogP contribution in [0.3, 0.4) is 0 Å². The molecule has 1 unspecified atom stereocenters. The summed E-state index contributed by atoms with van der Waals surface area (Å²) in [7, 11) is 1.70. The molecule has 2 amide bonds. The zero-order valence-corrected chi connectivity index (χ0v) is 11.1. The second-order valence-corrected chi connectivity index (χ2v) is 4.57. The molecule has 0 spiro atoms. The molecule has 0 aliphatic carbocycles. The van der Waals surface area contributed by atoms with E-state index in [0.29, 0.717) is 24.2 Å². The van der Waals surface area contributed by atoms with Gasteiger partial charge in [0.25, 0.3) is 5.91 Å². The number of rotatable bonds is 3. The van der Waals surface area contributed by atoms with Crippen molar-refractivity contribution in [2.24, 2.45) is 0 Å². The van der Waals surface area contributed by atoms with E-state index >= 15 is 0 Å². The van der Waals surface area contributed by atoms with Crippen LogP contribution in [-0.4, -0.2) is 49.6 Å². The number of carbonyl (C=O) groups is 2. The molecule has 6 heteroatoms. The summed E-state index contributed by atoms with van der Waals surface area (Å²) < 4.78 is 5.33. The second-order valence-electron chi connectivity index (χ2n) is 4.57. The van der Waals surface area contributed by atoms with Crippen LogP contribution in [-0.2, 0) is 9.53 Å². The first kappa shape index (κ1) is 14.0. The highest BCUT2D eigenvalue weighted by molar-refractivity contribution is 5.96. The topological polar surface area (TPSA) is 82.4 Å². The van der Waals surface area contributed by atoms with Crippen molar-refractivity contribution >= 4 is 11.8 Å². The average molecular weight is 273 g/mol. The number of nitrogens with one attached hydrogen (secondary N) is 1. The van der Waals surface area contributed by atoms with E-state index in [1.807, 2.05) is 6.07 Å². The van der Waals surface area contributed by atoms with Crippen molar-refractivity contribution in [1.29, 1.82) is 5.26 Å². The molecule has 0 aromatic heterocycles. The van der Waals surface area contributed by atoms with Crippen LogP contribution in [0.5, 0.6) is 0 Å². The van der Waals surface area contributed by atoms with Gasteiger partial charge < -0.3 is 15.0 Å². The van der Waals surface area contributed by atoms with E-state index in [9.17, 15) is 9.59 Å². The SMILES string of the molecule is CN1CC(CNC(=O)c2ccccc2C#N)OCC1=O. The Balaban J connectivity index is 1.93. The Morgan fingerprint density at radius 2 is 2.30 bits per heavy atom. The quantitative estimate of drug-likeness (QED) is 0.849. The van der Waals surface area contributed by atoms with Gasteiger partial charge in [0.2, 0.25) is 5.91 Å². The molecule has 1 saturated heterocycles. The number of nitrogens with zero attached hydrogens (tertiary/aromatic N) is 2. The van der Waals surface area contributed by atoms with Gasteiger partial charge in [0, 0.05) is 20.1 Å². The van der Waals surface area contributed by atoms with Crippen molar-refractivity contribution in [3.05, 3.63) is 35.4 Å². The number of hydrogen-bond acceptors (Lipinski definition) is 4. The zero-order chi connectivity index (χ0) is 14.5. The van der Waals surface area contributed by atoms with Gasteiger partial charge in [0.15, 0.2) is 0 Å². The van der Waals surface area contributed by atoms with Crippen molar-refractivity contribution < 1.29 is 14.3 Å². The van der Waals surface area contributed by atoms with Gasteiger partial charge in [0.05, 0.1) is 23.3 Å².